The molecule has 14 heavy (non-hydrogen) atoms. The number of ether oxygens (including phenoxy) is 1. The first-order valence-electron chi connectivity index (χ1n) is 4.53. The van der Waals surface area contributed by atoms with E-state index in [9.17, 15) is 4.79 Å². The molecule has 1 aliphatic heterocycles. The van der Waals surface area contributed by atoms with Crippen molar-refractivity contribution < 1.29 is 14.7 Å². The molecular formula is C9H15NO3S. The number of hydrogen-bond acceptors (Lipinski definition) is 5. The van der Waals surface area contributed by atoms with Crippen LogP contribution in [0.4, 0.5) is 0 Å². The van der Waals surface area contributed by atoms with Crippen molar-refractivity contribution in [3.05, 3.63) is 0 Å². The molecule has 0 spiro atoms. The van der Waals surface area contributed by atoms with Crippen molar-refractivity contribution >= 4 is 23.4 Å². The highest BCUT2D eigenvalue weighted by Gasteiger charge is 2.40. The van der Waals surface area contributed by atoms with Crippen molar-refractivity contribution in [2.75, 3.05) is 12.9 Å². The Labute approximate surface area is 87.7 Å². The molecule has 2 unspecified atom stereocenters. The Bertz CT molecular complexity index is 252. The average Bonchev–Trinajstić information content (AvgIpc) is 2.59. The first-order valence-corrected chi connectivity index (χ1v) is 5.58. The van der Waals surface area contributed by atoms with E-state index in [1.54, 1.807) is 11.8 Å². The molecule has 2 atom stereocenters. The van der Waals surface area contributed by atoms with Crippen LogP contribution in [0, 0.1) is 11.8 Å². The van der Waals surface area contributed by atoms with E-state index in [0.717, 1.165) is 0 Å². The molecule has 0 aromatic heterocycles. The van der Waals surface area contributed by atoms with Gasteiger partial charge in [0.15, 0.2) is 0 Å². The van der Waals surface area contributed by atoms with Gasteiger partial charge >= 0.3 is 5.97 Å². The third kappa shape index (κ3) is 2.03. The Kier molecular flexibility index (Phi) is 3.80. The van der Waals surface area contributed by atoms with Gasteiger partial charge in [0.05, 0.1) is 12.8 Å². The van der Waals surface area contributed by atoms with E-state index in [0.29, 0.717) is 17.4 Å². The van der Waals surface area contributed by atoms with Gasteiger partial charge in [0, 0.05) is 11.0 Å². The molecule has 0 aromatic rings. The molecule has 1 rings (SSSR count). The summed E-state index contributed by atoms with van der Waals surface area (Å²) in [5.74, 6) is 0.325. The summed E-state index contributed by atoms with van der Waals surface area (Å²) >= 11 is 1.64. The highest BCUT2D eigenvalue weighted by molar-refractivity contribution is 8.01. The second-order valence-corrected chi connectivity index (χ2v) is 4.77. The van der Waals surface area contributed by atoms with Crippen LogP contribution in [0.5, 0.6) is 0 Å². The SMILES string of the molecule is COC(=O)C1CSC(C(C)C)/C1=N\O. The van der Waals surface area contributed by atoms with Gasteiger partial charge in [-0.05, 0) is 5.92 Å². The van der Waals surface area contributed by atoms with Crippen LogP contribution in [-0.4, -0.2) is 35.0 Å². The number of oxime groups is 1. The number of carbonyl (C=O) groups is 1. The number of hydrogen-bond donors (Lipinski definition) is 1. The zero-order valence-electron chi connectivity index (χ0n) is 8.56. The van der Waals surface area contributed by atoms with Crippen LogP contribution >= 0.6 is 11.8 Å². The first-order chi connectivity index (χ1) is 6.61. The third-order valence-electron chi connectivity index (χ3n) is 2.30. The van der Waals surface area contributed by atoms with Crippen LogP contribution in [0.2, 0.25) is 0 Å². The molecule has 0 radical (unpaired) electrons. The summed E-state index contributed by atoms with van der Waals surface area (Å²) in [5, 5.41) is 12.2. The van der Waals surface area contributed by atoms with E-state index in [1.165, 1.54) is 7.11 Å². The fourth-order valence-corrected chi connectivity index (χ4v) is 3.03. The molecule has 4 nitrogen and oxygen atoms in total. The van der Waals surface area contributed by atoms with Crippen molar-refractivity contribution in [2.45, 2.75) is 19.1 Å². The van der Waals surface area contributed by atoms with Crippen molar-refractivity contribution in [3.63, 3.8) is 0 Å². The van der Waals surface area contributed by atoms with E-state index < -0.39 is 0 Å². The van der Waals surface area contributed by atoms with Gasteiger partial charge in [-0.3, -0.25) is 4.79 Å². The Balaban J connectivity index is 2.80. The molecular weight excluding hydrogens is 202 g/mol. The van der Waals surface area contributed by atoms with Gasteiger partial charge in [-0.1, -0.05) is 19.0 Å². The summed E-state index contributed by atoms with van der Waals surface area (Å²) in [7, 11) is 1.35. The standard InChI is InChI=1S/C9H15NO3S/c1-5(2)8-7(10-12)6(4-14-8)9(11)13-3/h5-6,8,12H,4H2,1-3H3/b10-7-. The molecule has 1 fully saturated rings. The molecule has 1 N–H and O–H groups in total. The van der Waals surface area contributed by atoms with Crippen molar-refractivity contribution in [3.8, 4) is 0 Å². The Morgan fingerprint density at radius 2 is 2.36 bits per heavy atom. The van der Waals surface area contributed by atoms with Crippen LogP contribution in [0.3, 0.4) is 0 Å². The van der Waals surface area contributed by atoms with Gasteiger partial charge in [-0.25, -0.2) is 0 Å². The topological polar surface area (TPSA) is 58.9 Å². The molecule has 0 aromatic carbocycles. The summed E-state index contributed by atoms with van der Waals surface area (Å²) in [6.45, 7) is 4.09. The largest absolute Gasteiger partial charge is 0.468 e. The summed E-state index contributed by atoms with van der Waals surface area (Å²) in [5.41, 5.74) is 0.553. The third-order valence-corrected chi connectivity index (χ3v) is 3.97. The predicted octanol–water partition coefficient (Wildman–Crippen LogP) is 1.38. The van der Waals surface area contributed by atoms with Gasteiger partial charge in [0.1, 0.15) is 5.92 Å². The lowest BCUT2D eigenvalue weighted by Gasteiger charge is -2.14. The second kappa shape index (κ2) is 4.68. The highest BCUT2D eigenvalue weighted by Crippen LogP contribution is 2.34. The van der Waals surface area contributed by atoms with Crippen molar-refractivity contribution in [1.82, 2.24) is 0 Å². The fourth-order valence-electron chi connectivity index (χ4n) is 1.56. The summed E-state index contributed by atoms with van der Waals surface area (Å²) in [4.78, 5) is 11.3. The zero-order chi connectivity index (χ0) is 10.7. The van der Waals surface area contributed by atoms with Crippen LogP contribution in [0.1, 0.15) is 13.8 Å². The predicted molar refractivity (Wildman–Crippen MR) is 55.8 cm³/mol. The maximum absolute atomic E-state index is 11.3. The number of methoxy groups -OCH3 is 1. The maximum Gasteiger partial charge on any atom is 0.315 e. The fraction of sp³-hybridized carbons (Fsp3) is 0.778. The number of carbonyl (C=O) groups excluding carboxylic acids is 1. The number of rotatable bonds is 2. The molecule has 0 saturated carbocycles. The lowest BCUT2D eigenvalue weighted by atomic mass is 9.97. The van der Waals surface area contributed by atoms with Crippen LogP contribution < -0.4 is 0 Å². The first kappa shape index (κ1) is 11.4. The Morgan fingerprint density at radius 1 is 1.71 bits per heavy atom. The maximum atomic E-state index is 11.3. The Hall–Kier alpha value is -0.710. The molecule has 1 aliphatic rings. The summed E-state index contributed by atoms with van der Waals surface area (Å²) in [6.07, 6.45) is 0. The molecule has 0 bridgehead atoms. The number of esters is 1. The Morgan fingerprint density at radius 3 is 2.79 bits per heavy atom. The number of nitrogens with zero attached hydrogens (tertiary/aromatic N) is 1. The summed E-state index contributed by atoms with van der Waals surface area (Å²) in [6, 6.07) is 0. The highest BCUT2D eigenvalue weighted by atomic mass is 32.2. The average molecular weight is 217 g/mol. The van der Waals surface area contributed by atoms with E-state index in [1.807, 2.05) is 13.8 Å². The van der Waals surface area contributed by atoms with Crippen LogP contribution in [-0.2, 0) is 9.53 Å². The quantitative estimate of drug-likeness (QED) is 0.431. The number of thioether (sulfide) groups is 1. The van der Waals surface area contributed by atoms with Crippen molar-refractivity contribution in [2.24, 2.45) is 17.0 Å². The minimum absolute atomic E-state index is 0.129. The molecule has 1 saturated heterocycles. The monoisotopic (exact) mass is 217 g/mol. The van der Waals surface area contributed by atoms with Crippen molar-refractivity contribution in [1.29, 1.82) is 0 Å². The molecule has 80 valence electrons. The normalized spacial score (nSPS) is 29.9. The lowest BCUT2D eigenvalue weighted by Crippen LogP contribution is -2.29. The van der Waals surface area contributed by atoms with Gasteiger partial charge in [0.2, 0.25) is 0 Å². The second-order valence-electron chi connectivity index (χ2n) is 3.60. The van der Waals surface area contributed by atoms with Gasteiger partial charge in [0.25, 0.3) is 0 Å². The van der Waals surface area contributed by atoms with E-state index in [4.69, 9.17) is 5.21 Å². The van der Waals surface area contributed by atoms with Crippen LogP contribution in [0.25, 0.3) is 0 Å². The van der Waals surface area contributed by atoms with Gasteiger partial charge in [-0.15, -0.1) is 0 Å². The molecule has 1 heterocycles. The molecule has 0 amide bonds. The lowest BCUT2D eigenvalue weighted by molar-refractivity contribution is -0.142. The summed E-state index contributed by atoms with van der Waals surface area (Å²) < 4.78 is 4.65. The van der Waals surface area contributed by atoms with E-state index >= 15 is 0 Å². The van der Waals surface area contributed by atoms with E-state index in [2.05, 4.69) is 9.89 Å². The van der Waals surface area contributed by atoms with Gasteiger partial charge < -0.3 is 9.94 Å². The van der Waals surface area contributed by atoms with Crippen LogP contribution in [0.15, 0.2) is 5.16 Å². The zero-order valence-corrected chi connectivity index (χ0v) is 9.37. The minimum Gasteiger partial charge on any atom is -0.468 e. The van der Waals surface area contributed by atoms with E-state index in [-0.39, 0.29) is 17.1 Å². The molecule has 5 heteroatoms. The molecule has 0 aliphatic carbocycles. The van der Waals surface area contributed by atoms with Gasteiger partial charge in [-0.2, -0.15) is 11.8 Å². The minimum atomic E-state index is -0.373. The smallest absolute Gasteiger partial charge is 0.315 e.